The van der Waals surface area contributed by atoms with E-state index in [0.717, 1.165) is 44.6 Å². The Balaban J connectivity index is 1.54. The lowest BCUT2D eigenvalue weighted by molar-refractivity contribution is -0.174. The molecule has 4 aliphatic carbocycles. The van der Waals surface area contributed by atoms with Gasteiger partial charge in [-0.05, 0) is 111 Å². The Morgan fingerprint density at radius 3 is 2.50 bits per heavy atom. The first-order valence-electron chi connectivity index (χ1n) is 12.4. The average Bonchev–Trinajstić information content (AvgIpc) is 3.02. The van der Waals surface area contributed by atoms with Gasteiger partial charge in [-0.15, -0.1) is 0 Å². The number of hydrogen-bond acceptors (Lipinski definition) is 3. The van der Waals surface area contributed by atoms with Crippen LogP contribution in [0.3, 0.4) is 0 Å². The highest BCUT2D eigenvalue weighted by Crippen LogP contribution is 2.68. The first kappa shape index (κ1) is 21.1. The molecule has 0 aromatic rings. The van der Waals surface area contributed by atoms with Gasteiger partial charge in [0.2, 0.25) is 0 Å². The third-order valence-electron chi connectivity index (χ3n) is 10.6. The quantitative estimate of drug-likeness (QED) is 0.593. The summed E-state index contributed by atoms with van der Waals surface area (Å²) in [7, 11) is 0. The molecule has 0 saturated heterocycles. The summed E-state index contributed by atoms with van der Waals surface area (Å²) in [5.74, 6) is 4.20. The van der Waals surface area contributed by atoms with Crippen molar-refractivity contribution in [2.75, 3.05) is 6.54 Å². The molecule has 28 heavy (non-hydrogen) atoms. The molecule has 0 unspecified atom stereocenters. The first-order valence-corrected chi connectivity index (χ1v) is 12.4. The van der Waals surface area contributed by atoms with Gasteiger partial charge in [-0.3, -0.25) is 0 Å². The van der Waals surface area contributed by atoms with E-state index in [-0.39, 0.29) is 17.6 Å². The van der Waals surface area contributed by atoms with Crippen molar-refractivity contribution in [2.45, 2.75) is 104 Å². The van der Waals surface area contributed by atoms with Crippen molar-refractivity contribution < 1.29 is 10.2 Å². The van der Waals surface area contributed by atoms with Crippen molar-refractivity contribution in [1.82, 2.24) is 0 Å². The van der Waals surface area contributed by atoms with Gasteiger partial charge in [-0.25, -0.2) is 0 Å². The summed E-state index contributed by atoms with van der Waals surface area (Å²) in [6, 6.07) is 0. The Morgan fingerprint density at radius 1 is 0.964 bits per heavy atom. The van der Waals surface area contributed by atoms with Crippen molar-refractivity contribution in [3.05, 3.63) is 0 Å². The second-order valence-electron chi connectivity index (χ2n) is 11.6. The predicted octanol–water partition coefficient (Wildman–Crippen LogP) is 4.74. The van der Waals surface area contributed by atoms with Gasteiger partial charge in [0.05, 0.1) is 12.2 Å². The third-order valence-corrected chi connectivity index (χ3v) is 10.6. The molecule has 0 radical (unpaired) electrons. The van der Waals surface area contributed by atoms with Crippen LogP contribution in [0.25, 0.3) is 0 Å². The highest BCUT2D eigenvalue weighted by atomic mass is 16.3. The molecule has 4 fully saturated rings. The number of fused-ring (bicyclic) bond motifs is 5. The van der Waals surface area contributed by atoms with Crippen molar-refractivity contribution >= 4 is 0 Å². The lowest BCUT2D eigenvalue weighted by Crippen LogP contribution is -2.58. The second-order valence-corrected chi connectivity index (χ2v) is 11.6. The molecular formula is C25H45NO2. The van der Waals surface area contributed by atoms with E-state index in [1.165, 1.54) is 38.5 Å². The zero-order valence-electron chi connectivity index (χ0n) is 18.6. The van der Waals surface area contributed by atoms with Crippen LogP contribution in [0.5, 0.6) is 0 Å². The van der Waals surface area contributed by atoms with Crippen LogP contribution < -0.4 is 5.73 Å². The van der Waals surface area contributed by atoms with Gasteiger partial charge in [0.1, 0.15) is 0 Å². The molecule has 3 nitrogen and oxygen atoms in total. The minimum atomic E-state index is -0.148. The highest BCUT2D eigenvalue weighted by molar-refractivity contribution is 5.12. The van der Waals surface area contributed by atoms with E-state index in [1.807, 2.05) is 0 Å². The Hall–Kier alpha value is -0.120. The summed E-state index contributed by atoms with van der Waals surface area (Å²) in [5, 5.41) is 21.8. The maximum absolute atomic E-state index is 11.6. The average molecular weight is 392 g/mol. The Morgan fingerprint density at radius 2 is 1.75 bits per heavy atom. The van der Waals surface area contributed by atoms with Crippen molar-refractivity contribution in [3.63, 3.8) is 0 Å². The minimum Gasteiger partial charge on any atom is -0.393 e. The van der Waals surface area contributed by atoms with Gasteiger partial charge < -0.3 is 15.9 Å². The zero-order chi connectivity index (χ0) is 20.1. The summed E-state index contributed by atoms with van der Waals surface area (Å²) in [4.78, 5) is 0. The predicted molar refractivity (Wildman–Crippen MR) is 115 cm³/mol. The Kier molecular flexibility index (Phi) is 5.92. The summed E-state index contributed by atoms with van der Waals surface area (Å²) in [6.45, 7) is 8.21. The second kappa shape index (κ2) is 7.85. The zero-order valence-corrected chi connectivity index (χ0v) is 18.6. The van der Waals surface area contributed by atoms with Crippen molar-refractivity contribution in [1.29, 1.82) is 0 Å². The fourth-order valence-corrected chi connectivity index (χ4v) is 8.97. The summed E-state index contributed by atoms with van der Waals surface area (Å²) < 4.78 is 0. The van der Waals surface area contributed by atoms with E-state index in [1.54, 1.807) is 0 Å². The topological polar surface area (TPSA) is 66.5 Å². The molecule has 0 amide bonds. The molecule has 0 aromatic heterocycles. The van der Waals surface area contributed by atoms with Crippen LogP contribution in [0.15, 0.2) is 0 Å². The fraction of sp³-hybridized carbons (Fsp3) is 1.00. The standard InChI is InChI=1S/C25H45NO2/c1-16(6-4-5-13-26)20-9-10-21-19-8-7-17-14-18(27)11-12-24(17,2)22(19)15-23(28)25(20,21)3/h16-23,27-28H,4-15,26H2,1-3H3/t16-,17-,18-,19+,20-,21+,22+,23+,24+,25-/m1/s1. The molecular weight excluding hydrogens is 346 g/mol. The molecule has 4 saturated carbocycles. The van der Waals surface area contributed by atoms with Gasteiger partial charge in [-0.1, -0.05) is 33.6 Å². The highest BCUT2D eigenvalue weighted by Gasteiger charge is 2.63. The molecule has 0 spiro atoms. The van der Waals surface area contributed by atoms with Crippen LogP contribution >= 0.6 is 0 Å². The molecule has 0 aliphatic heterocycles. The molecule has 4 N–H and O–H groups in total. The maximum Gasteiger partial charge on any atom is 0.0602 e. The van der Waals surface area contributed by atoms with Crippen LogP contribution in [0, 0.1) is 46.3 Å². The number of aliphatic hydroxyl groups is 2. The minimum absolute atomic E-state index is 0.0846. The number of unbranched alkanes of at least 4 members (excludes halogenated alkanes) is 1. The number of hydrogen-bond donors (Lipinski definition) is 3. The largest absolute Gasteiger partial charge is 0.393 e. The van der Waals surface area contributed by atoms with Crippen LogP contribution in [0.4, 0.5) is 0 Å². The third kappa shape index (κ3) is 3.19. The van der Waals surface area contributed by atoms with Crippen molar-refractivity contribution in [2.24, 2.45) is 52.1 Å². The molecule has 4 rings (SSSR count). The molecule has 10 atom stereocenters. The van der Waals surface area contributed by atoms with Crippen LogP contribution in [0.2, 0.25) is 0 Å². The smallest absolute Gasteiger partial charge is 0.0602 e. The van der Waals surface area contributed by atoms with E-state index in [2.05, 4.69) is 20.8 Å². The normalized spacial score (nSPS) is 51.9. The SMILES string of the molecule is C[C@H](CCCCN)[C@H]1CC[C@H]2[C@@H]3CC[C@@H]4C[C@H](O)CC[C@]4(C)[C@H]3C[C@H](O)[C@]12C. The van der Waals surface area contributed by atoms with Gasteiger partial charge in [0, 0.05) is 0 Å². The molecule has 4 aliphatic rings. The van der Waals surface area contributed by atoms with E-state index in [4.69, 9.17) is 5.73 Å². The number of nitrogens with two attached hydrogens (primary N) is 1. The van der Waals surface area contributed by atoms with Crippen LogP contribution in [-0.2, 0) is 0 Å². The van der Waals surface area contributed by atoms with E-state index < -0.39 is 0 Å². The monoisotopic (exact) mass is 391 g/mol. The van der Waals surface area contributed by atoms with Crippen molar-refractivity contribution in [3.8, 4) is 0 Å². The number of rotatable bonds is 5. The van der Waals surface area contributed by atoms with Gasteiger partial charge in [-0.2, -0.15) is 0 Å². The fourth-order valence-electron chi connectivity index (χ4n) is 8.97. The van der Waals surface area contributed by atoms with E-state index in [0.29, 0.717) is 35.0 Å². The summed E-state index contributed by atoms with van der Waals surface area (Å²) in [6.07, 6.45) is 12.8. The molecule has 0 aromatic carbocycles. The molecule has 3 heteroatoms. The maximum atomic E-state index is 11.6. The first-order chi connectivity index (χ1) is 13.3. The lowest BCUT2D eigenvalue weighted by Gasteiger charge is -2.62. The summed E-state index contributed by atoms with van der Waals surface area (Å²) >= 11 is 0. The summed E-state index contributed by atoms with van der Waals surface area (Å²) in [5.41, 5.74) is 6.17. The number of aliphatic hydroxyl groups excluding tert-OH is 2. The lowest BCUT2D eigenvalue weighted by atomic mass is 9.43. The Labute approximate surface area is 172 Å². The molecule has 0 bridgehead atoms. The molecule has 0 heterocycles. The molecule has 162 valence electrons. The van der Waals surface area contributed by atoms with Gasteiger partial charge >= 0.3 is 0 Å². The Bertz CT molecular complexity index is 553. The van der Waals surface area contributed by atoms with Crippen LogP contribution in [0.1, 0.15) is 91.4 Å². The van der Waals surface area contributed by atoms with Crippen LogP contribution in [-0.4, -0.2) is 29.0 Å². The van der Waals surface area contributed by atoms with E-state index in [9.17, 15) is 10.2 Å². The van der Waals surface area contributed by atoms with E-state index >= 15 is 0 Å². The van der Waals surface area contributed by atoms with Gasteiger partial charge in [0.25, 0.3) is 0 Å². The van der Waals surface area contributed by atoms with Gasteiger partial charge in [0.15, 0.2) is 0 Å².